The molecule has 3 unspecified atom stereocenters. The molecule has 0 aliphatic heterocycles. The van der Waals surface area contributed by atoms with E-state index in [2.05, 4.69) is 27.7 Å². The molecule has 60 valence electrons. The highest BCUT2D eigenvalue weighted by atomic mass is 16.3. The van der Waals surface area contributed by atoms with Crippen molar-refractivity contribution in [3.05, 3.63) is 0 Å². The number of aliphatic hydroxyl groups is 1. The Labute approximate surface area is 63.4 Å². The van der Waals surface area contributed by atoms with E-state index < -0.39 is 0 Å². The quantitative estimate of drug-likeness (QED) is 0.593. The molecule has 0 radical (unpaired) electrons. The van der Waals surface area contributed by atoms with Gasteiger partial charge in [-0.3, -0.25) is 0 Å². The van der Waals surface area contributed by atoms with Crippen LogP contribution in [0.2, 0.25) is 0 Å². The second-order valence-electron chi connectivity index (χ2n) is 4.60. The first-order valence-electron chi connectivity index (χ1n) is 4.09. The average Bonchev–Trinajstić information content (AvgIpc) is 2.39. The molecule has 0 bridgehead atoms. The minimum absolute atomic E-state index is 0.378. The summed E-state index contributed by atoms with van der Waals surface area (Å²) < 4.78 is 0. The minimum Gasteiger partial charge on any atom is -0.396 e. The van der Waals surface area contributed by atoms with Gasteiger partial charge < -0.3 is 5.11 Å². The summed E-state index contributed by atoms with van der Waals surface area (Å²) in [7, 11) is 0. The molecule has 1 saturated carbocycles. The van der Waals surface area contributed by atoms with Crippen LogP contribution in [-0.4, -0.2) is 11.7 Å². The fourth-order valence-electron chi connectivity index (χ4n) is 2.26. The molecule has 1 nitrogen and oxygen atoms in total. The van der Waals surface area contributed by atoms with Crippen molar-refractivity contribution in [2.45, 2.75) is 27.7 Å². The SMILES string of the molecule is CC1C(CO)C1C(C)(C)C. The molecular formula is C9H18O. The second-order valence-corrected chi connectivity index (χ2v) is 4.60. The molecule has 0 aromatic heterocycles. The molecule has 0 amide bonds. The second kappa shape index (κ2) is 2.23. The van der Waals surface area contributed by atoms with Crippen molar-refractivity contribution < 1.29 is 5.11 Å². The molecular weight excluding hydrogens is 124 g/mol. The topological polar surface area (TPSA) is 20.2 Å². The third kappa shape index (κ3) is 1.20. The normalized spacial score (nSPS) is 39.9. The smallest absolute Gasteiger partial charge is 0.0464 e. The van der Waals surface area contributed by atoms with E-state index in [4.69, 9.17) is 5.11 Å². The molecule has 1 aliphatic carbocycles. The van der Waals surface area contributed by atoms with Crippen molar-refractivity contribution in [1.29, 1.82) is 0 Å². The van der Waals surface area contributed by atoms with Gasteiger partial charge in [0, 0.05) is 6.61 Å². The third-order valence-electron chi connectivity index (χ3n) is 2.77. The molecule has 0 aromatic rings. The van der Waals surface area contributed by atoms with Gasteiger partial charge in [0.1, 0.15) is 0 Å². The van der Waals surface area contributed by atoms with E-state index in [9.17, 15) is 0 Å². The van der Waals surface area contributed by atoms with E-state index >= 15 is 0 Å². The van der Waals surface area contributed by atoms with Gasteiger partial charge in [0.25, 0.3) is 0 Å². The third-order valence-corrected chi connectivity index (χ3v) is 2.77. The van der Waals surface area contributed by atoms with Gasteiger partial charge in [-0.25, -0.2) is 0 Å². The van der Waals surface area contributed by atoms with E-state index in [0.29, 0.717) is 17.9 Å². The van der Waals surface area contributed by atoms with Crippen LogP contribution < -0.4 is 0 Å². The first kappa shape index (κ1) is 8.06. The Morgan fingerprint density at radius 3 is 1.90 bits per heavy atom. The maximum atomic E-state index is 8.91. The summed E-state index contributed by atoms with van der Waals surface area (Å²) >= 11 is 0. The van der Waals surface area contributed by atoms with Crippen molar-refractivity contribution in [3.8, 4) is 0 Å². The Balaban J connectivity index is 2.48. The molecule has 10 heavy (non-hydrogen) atoms. The van der Waals surface area contributed by atoms with Crippen LogP contribution in [0.5, 0.6) is 0 Å². The van der Waals surface area contributed by atoms with E-state index in [-0.39, 0.29) is 0 Å². The maximum Gasteiger partial charge on any atom is 0.0464 e. The monoisotopic (exact) mass is 142 g/mol. The standard InChI is InChI=1S/C9H18O/c1-6-7(5-10)8(6)9(2,3)4/h6-8,10H,5H2,1-4H3. The number of aliphatic hydroxyl groups excluding tert-OH is 1. The van der Waals surface area contributed by atoms with Crippen molar-refractivity contribution >= 4 is 0 Å². The number of hydrogen-bond donors (Lipinski definition) is 1. The lowest BCUT2D eigenvalue weighted by Crippen LogP contribution is -2.10. The summed E-state index contributed by atoms with van der Waals surface area (Å²) in [6, 6.07) is 0. The summed E-state index contributed by atoms with van der Waals surface area (Å²) in [5, 5.41) is 8.91. The molecule has 1 heteroatoms. The minimum atomic E-state index is 0.378. The van der Waals surface area contributed by atoms with Crippen molar-refractivity contribution in [1.82, 2.24) is 0 Å². The van der Waals surface area contributed by atoms with Crippen molar-refractivity contribution in [2.75, 3.05) is 6.61 Å². The lowest BCUT2D eigenvalue weighted by molar-refractivity contribution is 0.238. The fraction of sp³-hybridized carbons (Fsp3) is 1.00. The molecule has 0 saturated heterocycles. The van der Waals surface area contributed by atoms with Gasteiger partial charge in [0.15, 0.2) is 0 Å². The zero-order chi connectivity index (χ0) is 7.94. The lowest BCUT2D eigenvalue weighted by atomic mass is 9.88. The molecule has 1 fully saturated rings. The number of hydrogen-bond acceptors (Lipinski definition) is 1. The van der Waals surface area contributed by atoms with Crippen molar-refractivity contribution in [3.63, 3.8) is 0 Å². The lowest BCUT2D eigenvalue weighted by Gasteiger charge is -2.17. The largest absolute Gasteiger partial charge is 0.396 e. The van der Waals surface area contributed by atoms with Crippen LogP contribution >= 0.6 is 0 Å². The summed E-state index contributed by atoms with van der Waals surface area (Å²) in [5.74, 6) is 2.07. The number of rotatable bonds is 1. The van der Waals surface area contributed by atoms with Crippen LogP contribution in [0.3, 0.4) is 0 Å². The molecule has 0 heterocycles. The highest BCUT2D eigenvalue weighted by Gasteiger charge is 2.51. The Bertz CT molecular complexity index is 123. The zero-order valence-electron chi connectivity index (χ0n) is 7.39. The van der Waals surface area contributed by atoms with Gasteiger partial charge in [0.2, 0.25) is 0 Å². The molecule has 3 atom stereocenters. The van der Waals surface area contributed by atoms with Crippen LogP contribution in [-0.2, 0) is 0 Å². The summed E-state index contributed by atoms with van der Waals surface area (Å²) in [6.45, 7) is 9.37. The Kier molecular flexibility index (Phi) is 1.80. The first-order valence-corrected chi connectivity index (χ1v) is 4.09. The zero-order valence-corrected chi connectivity index (χ0v) is 7.39. The highest BCUT2D eigenvalue weighted by Crippen LogP contribution is 2.55. The van der Waals surface area contributed by atoms with Crippen LogP contribution in [0.1, 0.15) is 27.7 Å². The predicted molar refractivity (Wildman–Crippen MR) is 42.7 cm³/mol. The average molecular weight is 142 g/mol. The van der Waals surface area contributed by atoms with Crippen LogP contribution in [0, 0.1) is 23.2 Å². The molecule has 1 N–H and O–H groups in total. The summed E-state index contributed by atoms with van der Waals surface area (Å²) in [5.41, 5.74) is 0.396. The molecule has 1 aliphatic rings. The van der Waals surface area contributed by atoms with Crippen LogP contribution in [0.25, 0.3) is 0 Å². The van der Waals surface area contributed by atoms with Gasteiger partial charge in [-0.15, -0.1) is 0 Å². The van der Waals surface area contributed by atoms with Gasteiger partial charge >= 0.3 is 0 Å². The van der Waals surface area contributed by atoms with E-state index in [1.165, 1.54) is 0 Å². The van der Waals surface area contributed by atoms with E-state index in [0.717, 1.165) is 11.8 Å². The molecule has 0 aromatic carbocycles. The van der Waals surface area contributed by atoms with E-state index in [1.807, 2.05) is 0 Å². The first-order chi connectivity index (χ1) is 4.48. The van der Waals surface area contributed by atoms with Gasteiger partial charge in [-0.2, -0.15) is 0 Å². The molecule has 0 spiro atoms. The Morgan fingerprint density at radius 1 is 1.30 bits per heavy atom. The van der Waals surface area contributed by atoms with Crippen molar-refractivity contribution in [2.24, 2.45) is 23.2 Å². The van der Waals surface area contributed by atoms with Gasteiger partial charge in [-0.05, 0) is 23.2 Å². The van der Waals surface area contributed by atoms with Crippen LogP contribution in [0.15, 0.2) is 0 Å². The molecule has 1 rings (SSSR count). The fourth-order valence-corrected chi connectivity index (χ4v) is 2.26. The van der Waals surface area contributed by atoms with Gasteiger partial charge in [0.05, 0.1) is 0 Å². The van der Waals surface area contributed by atoms with E-state index in [1.54, 1.807) is 0 Å². The summed E-state index contributed by atoms with van der Waals surface area (Å²) in [6.07, 6.45) is 0. The Hall–Kier alpha value is -0.0400. The highest BCUT2D eigenvalue weighted by molar-refractivity contribution is 4.99. The Morgan fingerprint density at radius 2 is 1.80 bits per heavy atom. The van der Waals surface area contributed by atoms with Gasteiger partial charge in [-0.1, -0.05) is 27.7 Å². The maximum absolute atomic E-state index is 8.91. The van der Waals surface area contributed by atoms with Crippen LogP contribution in [0.4, 0.5) is 0 Å². The predicted octanol–water partition coefficient (Wildman–Crippen LogP) is 1.91. The summed E-state index contributed by atoms with van der Waals surface area (Å²) in [4.78, 5) is 0.